The Kier molecular flexibility index (Phi) is 9.13. The SMILES string of the molecule is COC(=O)[C@H](CCSC)NCc1ccc(COc2cccnc2)cc1-c1ccccc1C. The summed E-state index contributed by atoms with van der Waals surface area (Å²) < 4.78 is 10.9. The zero-order chi connectivity index (χ0) is 22.8. The molecule has 2 aromatic carbocycles. The highest BCUT2D eigenvalue weighted by atomic mass is 32.2. The van der Waals surface area contributed by atoms with Crippen molar-refractivity contribution in [3.8, 4) is 16.9 Å². The number of rotatable bonds is 11. The molecule has 0 spiro atoms. The first-order valence-electron chi connectivity index (χ1n) is 10.6. The van der Waals surface area contributed by atoms with Gasteiger partial charge in [0.1, 0.15) is 18.4 Å². The average molecular weight is 451 g/mol. The summed E-state index contributed by atoms with van der Waals surface area (Å²) in [5.41, 5.74) is 5.71. The summed E-state index contributed by atoms with van der Waals surface area (Å²) in [6.45, 7) is 3.14. The molecule has 0 radical (unpaired) electrons. The van der Waals surface area contributed by atoms with Crippen LogP contribution in [0.25, 0.3) is 11.1 Å². The van der Waals surface area contributed by atoms with Crippen molar-refractivity contribution in [2.45, 2.75) is 32.5 Å². The van der Waals surface area contributed by atoms with Crippen molar-refractivity contribution >= 4 is 17.7 Å². The van der Waals surface area contributed by atoms with Crippen molar-refractivity contribution < 1.29 is 14.3 Å². The molecule has 32 heavy (non-hydrogen) atoms. The van der Waals surface area contributed by atoms with E-state index in [1.54, 1.807) is 24.2 Å². The second-order valence-electron chi connectivity index (χ2n) is 7.52. The highest BCUT2D eigenvalue weighted by Gasteiger charge is 2.19. The first-order chi connectivity index (χ1) is 15.6. The fourth-order valence-electron chi connectivity index (χ4n) is 3.51. The molecule has 0 aliphatic rings. The summed E-state index contributed by atoms with van der Waals surface area (Å²) in [5, 5.41) is 3.40. The van der Waals surface area contributed by atoms with Crippen LogP contribution in [-0.4, -0.2) is 36.1 Å². The maximum Gasteiger partial charge on any atom is 0.322 e. The minimum Gasteiger partial charge on any atom is -0.487 e. The molecule has 0 bridgehead atoms. The number of carbonyl (C=O) groups excluding carboxylic acids is 1. The Hall–Kier alpha value is -2.83. The van der Waals surface area contributed by atoms with E-state index in [0.717, 1.165) is 34.6 Å². The molecular weight excluding hydrogens is 420 g/mol. The van der Waals surface area contributed by atoms with E-state index in [4.69, 9.17) is 9.47 Å². The summed E-state index contributed by atoms with van der Waals surface area (Å²) in [4.78, 5) is 16.3. The smallest absolute Gasteiger partial charge is 0.322 e. The Morgan fingerprint density at radius 2 is 1.97 bits per heavy atom. The first kappa shape index (κ1) is 23.8. The van der Waals surface area contributed by atoms with E-state index in [-0.39, 0.29) is 12.0 Å². The largest absolute Gasteiger partial charge is 0.487 e. The monoisotopic (exact) mass is 450 g/mol. The molecule has 168 valence electrons. The van der Waals surface area contributed by atoms with E-state index >= 15 is 0 Å². The number of ether oxygens (including phenoxy) is 2. The van der Waals surface area contributed by atoms with Gasteiger partial charge in [0.2, 0.25) is 0 Å². The van der Waals surface area contributed by atoms with E-state index in [1.807, 2.05) is 30.5 Å². The molecule has 1 aromatic heterocycles. The van der Waals surface area contributed by atoms with Gasteiger partial charge >= 0.3 is 5.97 Å². The van der Waals surface area contributed by atoms with Gasteiger partial charge in [-0.25, -0.2) is 0 Å². The molecule has 6 heteroatoms. The van der Waals surface area contributed by atoms with Gasteiger partial charge in [-0.2, -0.15) is 11.8 Å². The summed E-state index contributed by atoms with van der Waals surface area (Å²) in [7, 11) is 1.44. The van der Waals surface area contributed by atoms with Crippen LogP contribution in [0, 0.1) is 6.92 Å². The maximum absolute atomic E-state index is 12.2. The quantitative estimate of drug-likeness (QED) is 0.414. The van der Waals surface area contributed by atoms with Crippen LogP contribution in [0.4, 0.5) is 0 Å². The van der Waals surface area contributed by atoms with Gasteiger partial charge < -0.3 is 14.8 Å². The molecule has 0 aliphatic carbocycles. The molecule has 1 N–H and O–H groups in total. The summed E-state index contributed by atoms with van der Waals surface area (Å²) >= 11 is 1.72. The molecule has 0 aliphatic heterocycles. The normalized spacial score (nSPS) is 11.7. The van der Waals surface area contributed by atoms with Crippen molar-refractivity contribution in [3.63, 3.8) is 0 Å². The lowest BCUT2D eigenvalue weighted by Gasteiger charge is -2.19. The molecule has 0 saturated heterocycles. The van der Waals surface area contributed by atoms with Gasteiger partial charge in [0, 0.05) is 12.7 Å². The van der Waals surface area contributed by atoms with E-state index in [2.05, 4.69) is 47.6 Å². The van der Waals surface area contributed by atoms with E-state index < -0.39 is 0 Å². The van der Waals surface area contributed by atoms with Gasteiger partial charge in [0.05, 0.1) is 13.3 Å². The lowest BCUT2D eigenvalue weighted by atomic mass is 9.94. The summed E-state index contributed by atoms with van der Waals surface area (Å²) in [5.74, 6) is 1.41. The molecule has 0 saturated carbocycles. The van der Waals surface area contributed by atoms with Crippen LogP contribution in [0.1, 0.15) is 23.1 Å². The molecule has 5 nitrogen and oxygen atoms in total. The predicted molar refractivity (Wildman–Crippen MR) is 131 cm³/mol. The van der Waals surface area contributed by atoms with Gasteiger partial charge in [-0.1, -0.05) is 36.4 Å². The third-order valence-electron chi connectivity index (χ3n) is 5.28. The van der Waals surface area contributed by atoms with Crippen LogP contribution in [0.2, 0.25) is 0 Å². The maximum atomic E-state index is 12.2. The van der Waals surface area contributed by atoms with Gasteiger partial charge in [-0.05, 0) is 71.4 Å². The zero-order valence-corrected chi connectivity index (χ0v) is 19.7. The van der Waals surface area contributed by atoms with Crippen LogP contribution < -0.4 is 10.1 Å². The molecule has 3 aromatic rings. The highest BCUT2D eigenvalue weighted by Crippen LogP contribution is 2.29. The van der Waals surface area contributed by atoms with Gasteiger partial charge in [0.25, 0.3) is 0 Å². The lowest BCUT2D eigenvalue weighted by molar-refractivity contribution is -0.143. The Labute approximate surface area is 194 Å². The molecule has 3 rings (SSSR count). The first-order valence-corrected chi connectivity index (χ1v) is 12.0. The molecule has 0 amide bonds. The fourth-order valence-corrected chi connectivity index (χ4v) is 3.98. The minimum absolute atomic E-state index is 0.224. The van der Waals surface area contributed by atoms with Crippen LogP contribution in [0.3, 0.4) is 0 Å². The summed E-state index contributed by atoms with van der Waals surface area (Å²) in [6, 6.07) is 18.1. The van der Waals surface area contributed by atoms with Gasteiger partial charge in [-0.15, -0.1) is 0 Å². The minimum atomic E-state index is -0.328. The van der Waals surface area contributed by atoms with Crippen LogP contribution in [0.5, 0.6) is 5.75 Å². The number of aryl methyl sites for hydroxylation is 1. The van der Waals surface area contributed by atoms with Crippen LogP contribution >= 0.6 is 11.8 Å². The predicted octanol–water partition coefficient (Wildman–Crippen LogP) is 5.02. The Bertz CT molecular complexity index is 1010. The number of thioether (sulfide) groups is 1. The van der Waals surface area contributed by atoms with Crippen molar-refractivity contribution in [2.24, 2.45) is 0 Å². The third kappa shape index (κ3) is 6.58. The van der Waals surface area contributed by atoms with Crippen molar-refractivity contribution in [1.29, 1.82) is 0 Å². The van der Waals surface area contributed by atoms with Crippen LogP contribution in [0.15, 0.2) is 67.0 Å². The Balaban J connectivity index is 1.84. The topological polar surface area (TPSA) is 60.5 Å². The van der Waals surface area contributed by atoms with Gasteiger partial charge in [0.15, 0.2) is 0 Å². The van der Waals surface area contributed by atoms with Crippen LogP contribution in [-0.2, 0) is 22.7 Å². The Morgan fingerprint density at radius 1 is 1.12 bits per heavy atom. The number of nitrogens with one attached hydrogen (secondary N) is 1. The standard InChI is InChI=1S/C26H30N2O3S/c1-19-7-4-5-9-23(19)24-15-20(18-31-22-8-6-13-27-17-22)10-11-21(24)16-28-25(12-14-32-3)26(29)30-2/h4-11,13,15,17,25,28H,12,14,16,18H2,1-3H3/t25-/m0/s1. The number of esters is 1. The average Bonchev–Trinajstić information content (AvgIpc) is 2.83. The number of methoxy groups -OCH3 is 1. The molecule has 1 heterocycles. The number of hydrogen-bond acceptors (Lipinski definition) is 6. The number of aromatic nitrogens is 1. The zero-order valence-electron chi connectivity index (χ0n) is 18.8. The Morgan fingerprint density at radius 3 is 2.69 bits per heavy atom. The second kappa shape index (κ2) is 12.3. The summed E-state index contributed by atoms with van der Waals surface area (Å²) in [6.07, 6.45) is 6.20. The van der Waals surface area contributed by atoms with Gasteiger partial charge in [-0.3, -0.25) is 9.78 Å². The van der Waals surface area contributed by atoms with E-state index in [1.165, 1.54) is 18.2 Å². The number of hydrogen-bond donors (Lipinski definition) is 1. The number of benzene rings is 2. The van der Waals surface area contributed by atoms with E-state index in [0.29, 0.717) is 13.2 Å². The lowest BCUT2D eigenvalue weighted by Crippen LogP contribution is -2.37. The highest BCUT2D eigenvalue weighted by molar-refractivity contribution is 7.98. The molecular formula is C26H30N2O3S. The second-order valence-corrected chi connectivity index (χ2v) is 8.51. The van der Waals surface area contributed by atoms with Crippen molar-refractivity contribution in [3.05, 3.63) is 83.7 Å². The third-order valence-corrected chi connectivity index (χ3v) is 5.93. The fraction of sp³-hybridized carbons (Fsp3) is 0.308. The molecule has 0 fully saturated rings. The van der Waals surface area contributed by atoms with Crippen molar-refractivity contribution in [2.75, 3.05) is 19.1 Å². The molecule has 0 unspecified atom stereocenters. The number of carbonyl (C=O) groups is 1. The number of nitrogens with zero attached hydrogens (tertiary/aromatic N) is 1. The van der Waals surface area contributed by atoms with Crippen molar-refractivity contribution in [1.82, 2.24) is 10.3 Å². The van der Waals surface area contributed by atoms with E-state index in [9.17, 15) is 4.79 Å². The number of pyridine rings is 1. The molecule has 1 atom stereocenters.